The molecule has 0 aliphatic carbocycles. The van der Waals surface area contributed by atoms with Crippen LogP contribution >= 0.6 is 0 Å². The smallest absolute Gasteiger partial charge is 0.320 e. The third-order valence-corrected chi connectivity index (χ3v) is 2.37. The van der Waals surface area contributed by atoms with Gasteiger partial charge in [-0.25, -0.2) is 0 Å². The normalized spacial score (nSPS) is 12.2. The highest BCUT2D eigenvalue weighted by atomic mass is 16.6. The first-order valence-corrected chi connectivity index (χ1v) is 6.20. The van der Waals surface area contributed by atoms with Crippen molar-refractivity contribution in [1.29, 1.82) is 0 Å². The summed E-state index contributed by atoms with van der Waals surface area (Å²) in [6.07, 6.45) is 0.316. The van der Waals surface area contributed by atoms with Crippen LogP contribution in [0.1, 0.15) is 31.9 Å². The van der Waals surface area contributed by atoms with Gasteiger partial charge < -0.3 is 15.7 Å². The molecule has 0 saturated heterocycles. The molecule has 0 heterocycles. The quantitative estimate of drug-likeness (QED) is 0.631. The monoisotopic (exact) mass is 266 g/mol. The Morgan fingerprint density at radius 2 is 1.89 bits per heavy atom. The highest BCUT2D eigenvalue weighted by molar-refractivity contribution is 5.98. The zero-order valence-corrected chi connectivity index (χ0v) is 11.9. The third-order valence-electron chi connectivity index (χ3n) is 2.37. The first-order chi connectivity index (χ1) is 9.04. The van der Waals surface area contributed by atoms with E-state index in [9.17, 15) is 4.79 Å². The van der Waals surface area contributed by atoms with E-state index in [0.717, 1.165) is 16.8 Å². The van der Waals surface area contributed by atoms with Gasteiger partial charge in [0.25, 0.3) is 0 Å². The standard InChI is InChI=1S/C12H16N2O3.C2H6/c1-8(14-17-2)10-5-3-9(4-6-10)7-11(13)12(15)16;1-2/h3-6,11H,7,13H2,1-2H3,(H,15,16);1-2H3/b14-8-;. The lowest BCUT2D eigenvalue weighted by Crippen LogP contribution is -2.32. The zero-order valence-electron chi connectivity index (χ0n) is 11.9. The number of carboxylic acid groups (broad SMARTS) is 1. The summed E-state index contributed by atoms with van der Waals surface area (Å²) in [5.74, 6) is -0.994. The Hall–Kier alpha value is -1.88. The van der Waals surface area contributed by atoms with Gasteiger partial charge in [-0.3, -0.25) is 4.79 Å². The van der Waals surface area contributed by atoms with Crippen LogP contribution in [0.5, 0.6) is 0 Å². The SMILES string of the molecule is CC.CO/N=C(/C)c1ccc(CC(N)C(=O)O)cc1. The molecule has 0 fully saturated rings. The van der Waals surface area contributed by atoms with Crippen LogP contribution in [0.3, 0.4) is 0 Å². The molecule has 0 aliphatic rings. The van der Waals surface area contributed by atoms with Gasteiger partial charge in [0.05, 0.1) is 5.71 Å². The topological polar surface area (TPSA) is 84.9 Å². The number of carbonyl (C=O) groups is 1. The second kappa shape index (κ2) is 9.10. The van der Waals surface area contributed by atoms with Crippen LogP contribution in [-0.4, -0.2) is 29.9 Å². The van der Waals surface area contributed by atoms with E-state index in [1.807, 2.05) is 45.0 Å². The van der Waals surface area contributed by atoms with Gasteiger partial charge in [-0.15, -0.1) is 0 Å². The largest absolute Gasteiger partial charge is 0.480 e. The fraction of sp³-hybridized carbons (Fsp3) is 0.429. The maximum absolute atomic E-state index is 10.6. The highest BCUT2D eigenvalue weighted by Crippen LogP contribution is 2.08. The molecule has 1 atom stereocenters. The maximum atomic E-state index is 10.6. The molecular formula is C14H22N2O3. The van der Waals surface area contributed by atoms with Crippen LogP contribution in [0.15, 0.2) is 29.4 Å². The molecule has 0 radical (unpaired) electrons. The number of oxime groups is 1. The molecule has 1 aromatic rings. The maximum Gasteiger partial charge on any atom is 0.320 e. The van der Waals surface area contributed by atoms with Crippen LogP contribution in [0.25, 0.3) is 0 Å². The Kier molecular flexibility index (Phi) is 8.20. The van der Waals surface area contributed by atoms with Gasteiger partial charge in [-0.1, -0.05) is 43.3 Å². The number of nitrogens with two attached hydrogens (primary N) is 1. The summed E-state index contributed by atoms with van der Waals surface area (Å²) < 4.78 is 0. The van der Waals surface area contributed by atoms with Gasteiger partial charge in [0, 0.05) is 0 Å². The number of rotatable bonds is 5. The molecule has 5 nitrogen and oxygen atoms in total. The Morgan fingerprint density at radius 1 is 1.37 bits per heavy atom. The zero-order chi connectivity index (χ0) is 14.8. The molecule has 3 N–H and O–H groups in total. The Labute approximate surface area is 114 Å². The lowest BCUT2D eigenvalue weighted by atomic mass is 10.0. The van der Waals surface area contributed by atoms with E-state index >= 15 is 0 Å². The number of aliphatic carboxylic acids is 1. The fourth-order valence-corrected chi connectivity index (χ4v) is 1.41. The summed E-state index contributed by atoms with van der Waals surface area (Å²) in [5.41, 5.74) is 8.03. The van der Waals surface area contributed by atoms with Crippen molar-refractivity contribution < 1.29 is 14.7 Å². The van der Waals surface area contributed by atoms with E-state index in [4.69, 9.17) is 10.8 Å². The Bertz CT molecular complexity index is 413. The van der Waals surface area contributed by atoms with Gasteiger partial charge in [0.1, 0.15) is 13.2 Å². The van der Waals surface area contributed by atoms with Crippen molar-refractivity contribution >= 4 is 11.7 Å². The summed E-state index contributed by atoms with van der Waals surface area (Å²) in [6.45, 7) is 5.83. The van der Waals surface area contributed by atoms with Crippen molar-refractivity contribution in [1.82, 2.24) is 0 Å². The van der Waals surface area contributed by atoms with Crippen LogP contribution in [0.2, 0.25) is 0 Å². The number of hydrogen-bond donors (Lipinski definition) is 2. The molecule has 0 aliphatic heterocycles. The molecule has 1 aromatic carbocycles. The van der Waals surface area contributed by atoms with Crippen molar-refractivity contribution in [3.05, 3.63) is 35.4 Å². The lowest BCUT2D eigenvalue weighted by Gasteiger charge is -2.07. The summed E-state index contributed by atoms with van der Waals surface area (Å²) in [6, 6.07) is 6.54. The molecule has 0 saturated carbocycles. The summed E-state index contributed by atoms with van der Waals surface area (Å²) >= 11 is 0. The highest BCUT2D eigenvalue weighted by Gasteiger charge is 2.11. The van der Waals surface area contributed by atoms with E-state index in [2.05, 4.69) is 9.99 Å². The summed E-state index contributed by atoms with van der Waals surface area (Å²) in [4.78, 5) is 15.3. The van der Waals surface area contributed by atoms with Gasteiger partial charge >= 0.3 is 5.97 Å². The van der Waals surface area contributed by atoms with E-state index in [-0.39, 0.29) is 0 Å². The van der Waals surface area contributed by atoms with Crippen LogP contribution in [0.4, 0.5) is 0 Å². The third kappa shape index (κ3) is 6.01. The second-order valence-corrected chi connectivity index (χ2v) is 3.71. The molecule has 0 amide bonds. The molecule has 1 unspecified atom stereocenters. The van der Waals surface area contributed by atoms with Crippen molar-refractivity contribution in [3.8, 4) is 0 Å². The van der Waals surface area contributed by atoms with E-state index in [1.165, 1.54) is 7.11 Å². The summed E-state index contributed by atoms with van der Waals surface area (Å²) in [5, 5.41) is 12.5. The van der Waals surface area contributed by atoms with Crippen LogP contribution in [0, 0.1) is 0 Å². The van der Waals surface area contributed by atoms with Gasteiger partial charge in [-0.2, -0.15) is 0 Å². The molecule has 0 aromatic heterocycles. The summed E-state index contributed by atoms with van der Waals surface area (Å²) in [7, 11) is 1.49. The van der Waals surface area contributed by atoms with Gasteiger partial charge in [0.15, 0.2) is 0 Å². The number of nitrogens with zero attached hydrogens (tertiary/aromatic N) is 1. The molecular weight excluding hydrogens is 244 g/mol. The molecule has 19 heavy (non-hydrogen) atoms. The minimum Gasteiger partial charge on any atom is -0.480 e. The molecule has 1 rings (SSSR count). The average molecular weight is 266 g/mol. The number of hydrogen-bond acceptors (Lipinski definition) is 4. The predicted molar refractivity (Wildman–Crippen MR) is 76.3 cm³/mol. The first-order valence-electron chi connectivity index (χ1n) is 6.20. The van der Waals surface area contributed by atoms with Crippen molar-refractivity contribution in [2.45, 2.75) is 33.2 Å². The van der Waals surface area contributed by atoms with Crippen molar-refractivity contribution in [3.63, 3.8) is 0 Å². The minimum atomic E-state index is -0.994. The van der Waals surface area contributed by atoms with Crippen molar-refractivity contribution in [2.75, 3.05) is 7.11 Å². The Morgan fingerprint density at radius 3 is 2.32 bits per heavy atom. The van der Waals surface area contributed by atoms with Gasteiger partial charge in [-0.05, 0) is 24.5 Å². The van der Waals surface area contributed by atoms with Crippen LogP contribution < -0.4 is 5.73 Å². The predicted octanol–water partition coefficient (Wildman–Crippen LogP) is 2.04. The van der Waals surface area contributed by atoms with E-state index in [0.29, 0.717) is 6.42 Å². The molecule has 0 bridgehead atoms. The fourth-order valence-electron chi connectivity index (χ4n) is 1.41. The van der Waals surface area contributed by atoms with Crippen LogP contribution in [-0.2, 0) is 16.1 Å². The van der Waals surface area contributed by atoms with Crippen molar-refractivity contribution in [2.24, 2.45) is 10.9 Å². The Balaban J connectivity index is 0.00000154. The van der Waals surface area contributed by atoms with Gasteiger partial charge in [0.2, 0.25) is 0 Å². The lowest BCUT2D eigenvalue weighted by molar-refractivity contribution is -0.138. The first kappa shape index (κ1) is 17.1. The number of benzene rings is 1. The number of carboxylic acids is 1. The average Bonchev–Trinajstić information content (AvgIpc) is 2.42. The molecule has 0 spiro atoms. The molecule has 5 heteroatoms. The van der Waals surface area contributed by atoms with E-state index in [1.54, 1.807) is 0 Å². The minimum absolute atomic E-state index is 0.316. The second-order valence-electron chi connectivity index (χ2n) is 3.71. The molecule has 106 valence electrons. The van der Waals surface area contributed by atoms with E-state index < -0.39 is 12.0 Å².